The molecule has 2 aromatic heterocycles. The fraction of sp³-hybridized carbons (Fsp3) is 0.316. The van der Waals surface area contributed by atoms with Gasteiger partial charge in [0.25, 0.3) is 11.6 Å². The van der Waals surface area contributed by atoms with Crippen molar-refractivity contribution in [1.82, 2.24) is 15.0 Å². The van der Waals surface area contributed by atoms with Crippen LogP contribution in [0.4, 0.5) is 0 Å². The predicted octanol–water partition coefficient (Wildman–Crippen LogP) is 3.04. The SMILES string of the molecule is CCCN(CCO)C(=O)c1cc(-c2ccccc2)nc2onc(C)c12. The third kappa shape index (κ3) is 3.39. The van der Waals surface area contributed by atoms with Crippen molar-refractivity contribution in [3.05, 3.63) is 47.7 Å². The van der Waals surface area contributed by atoms with E-state index in [-0.39, 0.29) is 12.5 Å². The molecule has 1 amide bonds. The Hall–Kier alpha value is -2.73. The Balaban J connectivity index is 2.15. The maximum atomic E-state index is 13.1. The van der Waals surface area contributed by atoms with Gasteiger partial charge in [0.1, 0.15) is 0 Å². The smallest absolute Gasteiger partial charge is 0.259 e. The number of hydrogen-bond acceptors (Lipinski definition) is 5. The van der Waals surface area contributed by atoms with Crippen LogP contribution >= 0.6 is 0 Å². The molecule has 130 valence electrons. The monoisotopic (exact) mass is 339 g/mol. The van der Waals surface area contributed by atoms with Crippen molar-refractivity contribution in [3.8, 4) is 11.3 Å². The van der Waals surface area contributed by atoms with Gasteiger partial charge in [-0.25, -0.2) is 4.98 Å². The van der Waals surface area contributed by atoms with Crippen molar-refractivity contribution >= 4 is 17.0 Å². The first-order chi connectivity index (χ1) is 12.2. The van der Waals surface area contributed by atoms with Crippen LogP contribution in [-0.2, 0) is 0 Å². The zero-order chi connectivity index (χ0) is 17.8. The summed E-state index contributed by atoms with van der Waals surface area (Å²) in [6.45, 7) is 4.59. The summed E-state index contributed by atoms with van der Waals surface area (Å²) >= 11 is 0. The van der Waals surface area contributed by atoms with Crippen LogP contribution in [0.2, 0.25) is 0 Å². The van der Waals surface area contributed by atoms with Crippen LogP contribution in [0.3, 0.4) is 0 Å². The molecule has 25 heavy (non-hydrogen) atoms. The number of carbonyl (C=O) groups excluding carboxylic acids is 1. The number of nitrogens with zero attached hydrogens (tertiary/aromatic N) is 3. The number of aromatic nitrogens is 2. The highest BCUT2D eigenvalue weighted by atomic mass is 16.5. The maximum absolute atomic E-state index is 13.1. The average molecular weight is 339 g/mol. The Morgan fingerprint density at radius 1 is 1.24 bits per heavy atom. The summed E-state index contributed by atoms with van der Waals surface area (Å²) in [5, 5.41) is 13.9. The van der Waals surface area contributed by atoms with Gasteiger partial charge in [-0.05, 0) is 19.4 Å². The predicted molar refractivity (Wildman–Crippen MR) is 95.3 cm³/mol. The summed E-state index contributed by atoms with van der Waals surface area (Å²) in [5.41, 5.74) is 3.04. The lowest BCUT2D eigenvalue weighted by molar-refractivity contribution is 0.0724. The number of carbonyl (C=O) groups is 1. The molecule has 0 atom stereocenters. The molecule has 1 aromatic carbocycles. The third-order valence-electron chi connectivity index (χ3n) is 4.07. The molecular weight excluding hydrogens is 318 g/mol. The number of aliphatic hydroxyl groups excluding tert-OH is 1. The van der Waals surface area contributed by atoms with Crippen LogP contribution in [0.25, 0.3) is 22.4 Å². The van der Waals surface area contributed by atoms with E-state index in [1.54, 1.807) is 17.9 Å². The lowest BCUT2D eigenvalue weighted by atomic mass is 10.0. The molecular formula is C19H21N3O3. The molecule has 0 saturated heterocycles. The second-order valence-electron chi connectivity index (χ2n) is 5.89. The highest BCUT2D eigenvalue weighted by Gasteiger charge is 2.23. The third-order valence-corrected chi connectivity index (χ3v) is 4.07. The standard InChI is InChI=1S/C19H21N3O3/c1-3-9-22(10-11-23)19(24)15-12-16(14-7-5-4-6-8-14)20-18-17(15)13(2)21-25-18/h4-8,12,23H,3,9-11H2,1-2H3. The fourth-order valence-electron chi connectivity index (χ4n) is 2.90. The van der Waals surface area contributed by atoms with Crippen LogP contribution < -0.4 is 0 Å². The number of rotatable bonds is 6. The van der Waals surface area contributed by atoms with Gasteiger partial charge in [0.2, 0.25) is 0 Å². The van der Waals surface area contributed by atoms with Crippen molar-refractivity contribution in [2.75, 3.05) is 19.7 Å². The molecule has 0 saturated carbocycles. The number of amides is 1. The zero-order valence-corrected chi connectivity index (χ0v) is 14.4. The Morgan fingerprint density at radius 3 is 2.68 bits per heavy atom. The van der Waals surface area contributed by atoms with Gasteiger partial charge in [-0.1, -0.05) is 42.4 Å². The van der Waals surface area contributed by atoms with Gasteiger partial charge in [-0.3, -0.25) is 4.79 Å². The number of fused-ring (bicyclic) bond motifs is 1. The van der Waals surface area contributed by atoms with Crippen LogP contribution in [0, 0.1) is 6.92 Å². The van der Waals surface area contributed by atoms with E-state index in [2.05, 4.69) is 10.1 Å². The Labute approximate surface area is 146 Å². The van der Waals surface area contributed by atoms with Gasteiger partial charge in [0, 0.05) is 18.7 Å². The van der Waals surface area contributed by atoms with Crippen LogP contribution in [0.15, 0.2) is 40.9 Å². The molecule has 6 heteroatoms. The largest absolute Gasteiger partial charge is 0.395 e. The Morgan fingerprint density at radius 2 is 2.00 bits per heavy atom. The van der Waals surface area contributed by atoms with E-state index in [0.717, 1.165) is 12.0 Å². The van der Waals surface area contributed by atoms with E-state index in [1.807, 2.05) is 37.3 Å². The summed E-state index contributed by atoms with van der Waals surface area (Å²) in [6.07, 6.45) is 0.814. The van der Waals surface area contributed by atoms with Crippen molar-refractivity contribution < 1.29 is 14.4 Å². The van der Waals surface area contributed by atoms with Gasteiger partial charge < -0.3 is 14.5 Å². The van der Waals surface area contributed by atoms with Crippen molar-refractivity contribution in [3.63, 3.8) is 0 Å². The quantitative estimate of drug-likeness (QED) is 0.747. The molecule has 0 aliphatic rings. The van der Waals surface area contributed by atoms with Gasteiger partial charge in [-0.15, -0.1) is 0 Å². The normalized spacial score (nSPS) is 11.0. The van der Waals surface area contributed by atoms with E-state index in [9.17, 15) is 9.90 Å². The zero-order valence-electron chi connectivity index (χ0n) is 14.4. The second-order valence-corrected chi connectivity index (χ2v) is 5.89. The lowest BCUT2D eigenvalue weighted by Gasteiger charge is -2.21. The van der Waals surface area contributed by atoms with E-state index in [1.165, 1.54) is 0 Å². The van der Waals surface area contributed by atoms with Crippen LogP contribution in [-0.4, -0.2) is 45.8 Å². The topological polar surface area (TPSA) is 79.5 Å². The molecule has 0 aliphatic carbocycles. The Bertz CT molecular complexity index is 868. The molecule has 2 heterocycles. The maximum Gasteiger partial charge on any atom is 0.259 e. The Kier molecular flexibility index (Phi) is 5.09. The van der Waals surface area contributed by atoms with E-state index < -0.39 is 0 Å². The molecule has 0 bridgehead atoms. The van der Waals surface area contributed by atoms with Gasteiger partial charge in [-0.2, -0.15) is 0 Å². The van der Waals surface area contributed by atoms with Crippen LogP contribution in [0.5, 0.6) is 0 Å². The fourth-order valence-corrected chi connectivity index (χ4v) is 2.90. The minimum absolute atomic E-state index is 0.0753. The number of aliphatic hydroxyl groups is 1. The molecule has 0 aliphatic heterocycles. The molecule has 3 aromatic rings. The molecule has 1 N–H and O–H groups in total. The van der Waals surface area contributed by atoms with Crippen molar-refractivity contribution in [2.45, 2.75) is 20.3 Å². The summed E-state index contributed by atoms with van der Waals surface area (Å²) < 4.78 is 5.32. The first kappa shape index (κ1) is 17.1. The molecule has 3 rings (SSSR count). The molecule has 0 spiro atoms. The van der Waals surface area contributed by atoms with E-state index >= 15 is 0 Å². The van der Waals surface area contributed by atoms with Crippen molar-refractivity contribution in [1.29, 1.82) is 0 Å². The second kappa shape index (κ2) is 7.44. The number of hydrogen-bond donors (Lipinski definition) is 1. The first-order valence-electron chi connectivity index (χ1n) is 8.38. The highest BCUT2D eigenvalue weighted by molar-refractivity contribution is 6.07. The summed E-state index contributed by atoms with van der Waals surface area (Å²) in [7, 11) is 0. The van der Waals surface area contributed by atoms with Crippen molar-refractivity contribution in [2.24, 2.45) is 0 Å². The number of pyridine rings is 1. The molecule has 0 fully saturated rings. The molecule has 0 radical (unpaired) electrons. The molecule has 6 nitrogen and oxygen atoms in total. The minimum atomic E-state index is -0.146. The number of aryl methyl sites for hydroxylation is 1. The van der Waals surface area contributed by atoms with Gasteiger partial charge >= 0.3 is 0 Å². The van der Waals surface area contributed by atoms with Gasteiger partial charge in [0.05, 0.1) is 28.9 Å². The summed E-state index contributed by atoms with van der Waals surface area (Å²) in [4.78, 5) is 19.3. The molecule has 0 unspecified atom stereocenters. The average Bonchev–Trinajstić information content (AvgIpc) is 3.02. The highest BCUT2D eigenvalue weighted by Crippen LogP contribution is 2.27. The number of benzene rings is 1. The lowest BCUT2D eigenvalue weighted by Crippen LogP contribution is -2.34. The van der Waals surface area contributed by atoms with E-state index in [0.29, 0.717) is 41.1 Å². The summed E-state index contributed by atoms with van der Waals surface area (Å²) in [6, 6.07) is 11.4. The minimum Gasteiger partial charge on any atom is -0.395 e. The van der Waals surface area contributed by atoms with Crippen LogP contribution in [0.1, 0.15) is 29.4 Å². The summed E-state index contributed by atoms with van der Waals surface area (Å²) in [5.74, 6) is -0.146. The first-order valence-corrected chi connectivity index (χ1v) is 8.38. The van der Waals surface area contributed by atoms with Gasteiger partial charge in [0.15, 0.2) is 0 Å². The van der Waals surface area contributed by atoms with E-state index in [4.69, 9.17) is 4.52 Å².